The molecule has 3 heterocycles. The Bertz CT molecular complexity index is 1950. The van der Waals surface area contributed by atoms with Gasteiger partial charge in [0.15, 0.2) is 0 Å². The first-order valence-corrected chi connectivity index (χ1v) is 19.7. The number of likely N-dealkylation sites (tertiary alicyclic amines) is 2. The molecule has 6 rings (SSSR count). The van der Waals surface area contributed by atoms with Crippen molar-refractivity contribution in [3.05, 3.63) is 77.6 Å². The summed E-state index contributed by atoms with van der Waals surface area (Å²) in [6.45, 7) is 14.1. The fourth-order valence-electron chi connectivity index (χ4n) is 7.15. The van der Waals surface area contributed by atoms with Gasteiger partial charge in [0.2, 0.25) is 0 Å². The van der Waals surface area contributed by atoms with Crippen molar-refractivity contribution in [1.82, 2.24) is 14.7 Å². The summed E-state index contributed by atoms with van der Waals surface area (Å²) in [4.78, 5) is 45.9. The Hall–Kier alpha value is -5.21. The Balaban J connectivity index is 1.10. The lowest BCUT2D eigenvalue weighted by Crippen LogP contribution is -2.50. The zero-order valence-electron chi connectivity index (χ0n) is 33.9. The summed E-state index contributed by atoms with van der Waals surface area (Å²) in [5, 5.41) is 0. The minimum Gasteiger partial charge on any atom is -0.490 e. The smallest absolute Gasteiger partial charge is 0.416 e. The molecule has 3 amide bonds. The molecule has 11 nitrogen and oxygen atoms in total. The zero-order chi connectivity index (χ0) is 42.0. The van der Waals surface area contributed by atoms with Crippen LogP contribution in [0.2, 0.25) is 0 Å². The van der Waals surface area contributed by atoms with E-state index in [4.69, 9.17) is 18.9 Å². The molecule has 3 saturated heterocycles. The van der Waals surface area contributed by atoms with E-state index in [0.717, 1.165) is 12.1 Å². The van der Waals surface area contributed by atoms with Crippen LogP contribution in [0.3, 0.4) is 0 Å². The molecule has 0 saturated carbocycles. The predicted molar refractivity (Wildman–Crippen MR) is 210 cm³/mol. The molecule has 0 spiro atoms. The van der Waals surface area contributed by atoms with Crippen molar-refractivity contribution in [2.24, 2.45) is 0 Å². The molecule has 15 heteroatoms. The number of carbonyl (C=O) groups excluding carboxylic acids is 3. The van der Waals surface area contributed by atoms with Crippen molar-refractivity contribution >= 4 is 23.8 Å². The number of anilines is 1. The molecule has 3 fully saturated rings. The normalized spacial score (nSPS) is 18.3. The summed E-state index contributed by atoms with van der Waals surface area (Å²) in [7, 11) is 0. The molecule has 0 unspecified atom stereocenters. The van der Waals surface area contributed by atoms with E-state index < -0.39 is 41.0 Å². The van der Waals surface area contributed by atoms with Crippen LogP contribution in [-0.2, 0) is 15.7 Å². The number of piperidine rings is 1. The highest BCUT2D eigenvalue weighted by molar-refractivity contribution is 5.96. The summed E-state index contributed by atoms with van der Waals surface area (Å²) >= 11 is 0. The van der Waals surface area contributed by atoms with Crippen molar-refractivity contribution in [1.29, 1.82) is 0 Å². The van der Waals surface area contributed by atoms with Gasteiger partial charge in [-0.1, -0.05) is 12.1 Å². The number of nitrogens with zero attached hydrogens (tertiary/aromatic N) is 4. The number of piperazine rings is 1. The second-order valence-corrected chi connectivity index (χ2v) is 16.9. The van der Waals surface area contributed by atoms with Crippen LogP contribution in [-0.4, -0.2) is 109 Å². The molecule has 0 radical (unpaired) electrons. The van der Waals surface area contributed by atoms with E-state index in [1.54, 1.807) is 59.7 Å². The lowest BCUT2D eigenvalue weighted by Gasteiger charge is -2.37. The Morgan fingerprint density at radius 2 is 1.22 bits per heavy atom. The molecular formula is C43H52F4N4O7. The number of alkyl halides is 3. The van der Waals surface area contributed by atoms with Crippen LogP contribution in [0, 0.1) is 5.82 Å². The Labute approximate surface area is 336 Å². The molecule has 0 aliphatic carbocycles. The summed E-state index contributed by atoms with van der Waals surface area (Å²) in [5.74, 6) is 0.0504. The number of benzene rings is 3. The van der Waals surface area contributed by atoms with Gasteiger partial charge in [0.25, 0.3) is 5.91 Å². The van der Waals surface area contributed by atoms with E-state index in [0.29, 0.717) is 99.0 Å². The van der Waals surface area contributed by atoms with Crippen molar-refractivity contribution in [3.63, 3.8) is 0 Å². The maximum absolute atomic E-state index is 14.8. The highest BCUT2D eigenvalue weighted by Gasteiger charge is 2.33. The van der Waals surface area contributed by atoms with Crippen LogP contribution in [0.25, 0.3) is 11.1 Å². The first kappa shape index (κ1) is 42.4. The van der Waals surface area contributed by atoms with Crippen LogP contribution >= 0.6 is 0 Å². The van der Waals surface area contributed by atoms with Crippen LogP contribution in [0.5, 0.6) is 11.5 Å². The van der Waals surface area contributed by atoms with Crippen molar-refractivity contribution < 1.29 is 50.9 Å². The molecule has 0 N–H and O–H groups in total. The lowest BCUT2D eigenvalue weighted by atomic mass is 9.99. The van der Waals surface area contributed by atoms with E-state index in [1.165, 1.54) is 24.3 Å². The van der Waals surface area contributed by atoms with Gasteiger partial charge in [-0.3, -0.25) is 4.79 Å². The molecule has 0 aromatic heterocycles. The van der Waals surface area contributed by atoms with Gasteiger partial charge in [-0.15, -0.1) is 0 Å². The number of hydrogen-bond donors (Lipinski definition) is 0. The highest BCUT2D eigenvalue weighted by Crippen LogP contribution is 2.37. The molecule has 3 aromatic carbocycles. The zero-order valence-corrected chi connectivity index (χ0v) is 33.9. The van der Waals surface area contributed by atoms with Gasteiger partial charge in [-0.2, -0.15) is 13.2 Å². The first-order valence-electron chi connectivity index (χ1n) is 19.7. The molecule has 58 heavy (non-hydrogen) atoms. The van der Waals surface area contributed by atoms with Crippen LogP contribution in [0.15, 0.2) is 60.7 Å². The van der Waals surface area contributed by atoms with Gasteiger partial charge in [-0.25, -0.2) is 14.0 Å². The second-order valence-electron chi connectivity index (χ2n) is 16.9. The molecule has 3 aliphatic rings. The SMILES string of the molecule is CC(C)(C)OC(=O)N1CCN(c2cc(F)cc(OC3CCN(C(=O)c4ccc(O[C@H]5CCN(C(=O)OC(C)(C)C)C5)c(-c5ccc(C(F)(F)F)cc5)c4)CC3)c2)CC1. The van der Waals surface area contributed by atoms with E-state index >= 15 is 0 Å². The van der Waals surface area contributed by atoms with E-state index in [1.807, 2.05) is 25.7 Å². The summed E-state index contributed by atoms with van der Waals surface area (Å²) in [6.07, 6.45) is -4.50. The standard InChI is InChI=1S/C43H52F4N4O7/c1-41(2,3)57-39(53)50-21-19-48(20-22-50)32-24-31(44)25-35(26-32)55-33-13-16-49(17-14-33)38(52)29-9-12-37(36(23-29)28-7-10-30(11-8-28)43(45,46)47)56-34-15-18-51(27-34)40(54)58-42(4,5)6/h7-12,23-26,33-34H,13-22,27H2,1-6H3/t34-/m0/s1. The van der Waals surface area contributed by atoms with Crippen LogP contribution < -0.4 is 14.4 Å². The second kappa shape index (κ2) is 16.9. The minimum absolute atomic E-state index is 0.256. The molecule has 3 aliphatic heterocycles. The number of amides is 3. The van der Waals surface area contributed by atoms with Gasteiger partial charge >= 0.3 is 18.4 Å². The van der Waals surface area contributed by atoms with Crippen molar-refractivity contribution in [2.45, 2.75) is 90.4 Å². The van der Waals surface area contributed by atoms with Gasteiger partial charge in [-0.05, 0) is 83.5 Å². The average molecular weight is 813 g/mol. The topological polar surface area (TPSA) is 101 Å². The van der Waals surface area contributed by atoms with E-state index in [2.05, 4.69) is 0 Å². The number of carbonyl (C=O) groups is 3. The molecule has 314 valence electrons. The molecule has 0 bridgehead atoms. The van der Waals surface area contributed by atoms with Gasteiger partial charge < -0.3 is 38.5 Å². The fraction of sp³-hybridized carbons (Fsp3) is 0.512. The number of halogens is 4. The number of rotatable bonds is 7. The molecule has 1 atom stereocenters. The third-order valence-electron chi connectivity index (χ3n) is 10.0. The highest BCUT2D eigenvalue weighted by atomic mass is 19.4. The Morgan fingerprint density at radius 1 is 0.638 bits per heavy atom. The summed E-state index contributed by atoms with van der Waals surface area (Å²) in [5.41, 5.74) is -0.186. The minimum atomic E-state index is -4.52. The molecule has 3 aromatic rings. The monoisotopic (exact) mass is 812 g/mol. The van der Waals surface area contributed by atoms with E-state index in [9.17, 15) is 31.9 Å². The third-order valence-corrected chi connectivity index (χ3v) is 10.0. The third kappa shape index (κ3) is 11.0. The van der Waals surface area contributed by atoms with Gasteiger partial charge in [0, 0.05) is 94.0 Å². The average Bonchev–Trinajstić information content (AvgIpc) is 3.62. The predicted octanol–water partition coefficient (Wildman–Crippen LogP) is 8.64. The molecular weight excluding hydrogens is 760 g/mol. The largest absolute Gasteiger partial charge is 0.490 e. The fourth-order valence-corrected chi connectivity index (χ4v) is 7.15. The van der Waals surface area contributed by atoms with Crippen LogP contribution in [0.1, 0.15) is 76.7 Å². The maximum atomic E-state index is 14.8. The van der Waals surface area contributed by atoms with Gasteiger partial charge in [0.05, 0.1) is 12.1 Å². The quantitative estimate of drug-likeness (QED) is 0.219. The van der Waals surface area contributed by atoms with Crippen molar-refractivity contribution in [2.75, 3.05) is 57.3 Å². The Morgan fingerprint density at radius 3 is 1.83 bits per heavy atom. The number of hydrogen-bond acceptors (Lipinski definition) is 8. The van der Waals surface area contributed by atoms with Crippen molar-refractivity contribution in [3.8, 4) is 22.6 Å². The summed E-state index contributed by atoms with van der Waals surface area (Å²) in [6, 6.07) is 14.2. The van der Waals surface area contributed by atoms with E-state index in [-0.39, 0.29) is 24.6 Å². The Kier molecular flexibility index (Phi) is 12.4. The van der Waals surface area contributed by atoms with Gasteiger partial charge in [0.1, 0.15) is 40.7 Å². The summed E-state index contributed by atoms with van der Waals surface area (Å²) < 4.78 is 78.7. The number of ether oxygens (including phenoxy) is 4. The van der Waals surface area contributed by atoms with Crippen LogP contribution in [0.4, 0.5) is 32.8 Å². The maximum Gasteiger partial charge on any atom is 0.416 e. The lowest BCUT2D eigenvalue weighted by molar-refractivity contribution is -0.137. The first-order chi connectivity index (χ1) is 27.2.